The number of hydrogen-bond acceptors (Lipinski definition) is 5. The number of aromatic nitrogens is 4. The van der Waals surface area contributed by atoms with E-state index in [1.807, 2.05) is 12.1 Å². The van der Waals surface area contributed by atoms with Gasteiger partial charge in [0.1, 0.15) is 5.01 Å². The Balaban J connectivity index is 2.06. The van der Waals surface area contributed by atoms with Crippen molar-refractivity contribution in [3.8, 4) is 11.4 Å². The summed E-state index contributed by atoms with van der Waals surface area (Å²) < 4.78 is 1.55. The molecule has 2 aromatic heterocycles. The number of hydrogen-bond donors (Lipinski definition) is 1. The van der Waals surface area contributed by atoms with Gasteiger partial charge in [0.25, 0.3) is 0 Å². The molecule has 0 unspecified atom stereocenters. The van der Waals surface area contributed by atoms with Gasteiger partial charge in [-0.25, -0.2) is 0 Å². The average Bonchev–Trinajstić information content (AvgIpc) is 2.89. The van der Waals surface area contributed by atoms with Gasteiger partial charge in [-0.3, -0.25) is 4.79 Å². The number of carbonyl (C=O) groups is 1. The van der Waals surface area contributed by atoms with Crippen molar-refractivity contribution < 1.29 is 9.90 Å². The van der Waals surface area contributed by atoms with Gasteiger partial charge < -0.3 is 5.11 Å². The molecule has 3 rings (SSSR count). The van der Waals surface area contributed by atoms with E-state index in [4.69, 9.17) is 16.7 Å². The minimum absolute atomic E-state index is 0.117. The Bertz CT molecular complexity index is 750. The fraction of sp³-hybridized carbons (Fsp3) is 0.0909. The Labute approximate surface area is 116 Å². The van der Waals surface area contributed by atoms with Crippen LogP contribution in [-0.4, -0.2) is 30.9 Å². The Morgan fingerprint density at radius 2 is 2.05 bits per heavy atom. The van der Waals surface area contributed by atoms with Crippen molar-refractivity contribution in [1.29, 1.82) is 0 Å². The first-order valence-electron chi connectivity index (χ1n) is 5.32. The van der Waals surface area contributed by atoms with E-state index in [0.717, 1.165) is 5.56 Å². The molecular weight excluding hydrogens is 288 g/mol. The summed E-state index contributed by atoms with van der Waals surface area (Å²) in [5, 5.41) is 22.1. The molecule has 0 amide bonds. The molecule has 3 aromatic rings. The SMILES string of the molecule is O=C(O)Cc1nn2c(-c3ccc(Cl)cc3)nnc2s1. The first-order valence-corrected chi connectivity index (χ1v) is 6.52. The lowest BCUT2D eigenvalue weighted by Gasteiger charge is -1.96. The van der Waals surface area contributed by atoms with Gasteiger partial charge in [-0.1, -0.05) is 22.9 Å². The number of aliphatic carboxylic acids is 1. The summed E-state index contributed by atoms with van der Waals surface area (Å²) in [5.74, 6) is -0.349. The van der Waals surface area contributed by atoms with Gasteiger partial charge in [0, 0.05) is 10.6 Å². The predicted molar refractivity (Wildman–Crippen MR) is 70.4 cm³/mol. The van der Waals surface area contributed by atoms with Crippen molar-refractivity contribution in [2.75, 3.05) is 0 Å². The van der Waals surface area contributed by atoms with E-state index in [1.54, 1.807) is 16.6 Å². The fourth-order valence-electron chi connectivity index (χ4n) is 1.64. The maximum Gasteiger partial charge on any atom is 0.310 e. The van der Waals surface area contributed by atoms with Crippen LogP contribution in [0.4, 0.5) is 0 Å². The second-order valence-electron chi connectivity index (χ2n) is 3.79. The van der Waals surface area contributed by atoms with Crippen LogP contribution in [0.25, 0.3) is 16.3 Å². The summed E-state index contributed by atoms with van der Waals surface area (Å²) >= 11 is 7.05. The minimum atomic E-state index is -0.919. The van der Waals surface area contributed by atoms with Crippen molar-refractivity contribution in [3.63, 3.8) is 0 Å². The van der Waals surface area contributed by atoms with Gasteiger partial charge in [0.05, 0.1) is 6.42 Å². The van der Waals surface area contributed by atoms with Crippen LogP contribution in [-0.2, 0) is 11.2 Å². The molecule has 1 N–H and O–H groups in total. The molecule has 1 aromatic carbocycles. The van der Waals surface area contributed by atoms with Crippen LogP contribution in [0.2, 0.25) is 5.02 Å². The van der Waals surface area contributed by atoms with Crippen molar-refractivity contribution in [3.05, 3.63) is 34.3 Å². The molecule has 6 nitrogen and oxygen atoms in total. The quantitative estimate of drug-likeness (QED) is 0.800. The summed E-state index contributed by atoms with van der Waals surface area (Å²) in [6.45, 7) is 0. The van der Waals surface area contributed by atoms with Gasteiger partial charge >= 0.3 is 5.97 Å². The van der Waals surface area contributed by atoms with E-state index in [9.17, 15) is 4.79 Å². The predicted octanol–water partition coefficient (Wildman–Crippen LogP) is 2.13. The summed E-state index contributed by atoms with van der Waals surface area (Å²) in [6, 6.07) is 7.13. The van der Waals surface area contributed by atoms with E-state index in [1.165, 1.54) is 11.3 Å². The zero-order chi connectivity index (χ0) is 13.4. The third-order valence-electron chi connectivity index (χ3n) is 2.44. The summed E-state index contributed by atoms with van der Waals surface area (Å²) in [6.07, 6.45) is -0.117. The standard InChI is InChI=1S/C11H7ClN4O2S/c12-7-3-1-6(2-4-7)10-13-14-11-16(10)15-8(19-11)5-9(17)18/h1-4H,5H2,(H,17,18). The molecule has 0 atom stereocenters. The molecule has 2 heterocycles. The fourth-order valence-corrected chi connectivity index (χ4v) is 2.59. The average molecular weight is 295 g/mol. The lowest BCUT2D eigenvalue weighted by molar-refractivity contribution is -0.136. The lowest BCUT2D eigenvalue weighted by atomic mass is 10.2. The van der Waals surface area contributed by atoms with Crippen LogP contribution in [0, 0.1) is 0 Å². The highest BCUT2D eigenvalue weighted by molar-refractivity contribution is 7.16. The van der Waals surface area contributed by atoms with Gasteiger partial charge in [-0.2, -0.15) is 9.61 Å². The highest BCUT2D eigenvalue weighted by atomic mass is 35.5. The Kier molecular flexibility index (Phi) is 2.92. The van der Waals surface area contributed by atoms with Crippen LogP contribution in [0.5, 0.6) is 0 Å². The summed E-state index contributed by atoms with van der Waals surface area (Å²) in [5.41, 5.74) is 0.823. The largest absolute Gasteiger partial charge is 0.481 e. The van der Waals surface area contributed by atoms with Crippen LogP contribution in [0.1, 0.15) is 5.01 Å². The van der Waals surface area contributed by atoms with E-state index in [2.05, 4.69) is 15.3 Å². The third-order valence-corrected chi connectivity index (χ3v) is 3.59. The van der Waals surface area contributed by atoms with Gasteiger partial charge in [-0.05, 0) is 24.3 Å². The van der Waals surface area contributed by atoms with Crippen molar-refractivity contribution in [1.82, 2.24) is 19.8 Å². The number of rotatable bonds is 3. The first-order chi connectivity index (χ1) is 9.13. The Morgan fingerprint density at radius 1 is 1.32 bits per heavy atom. The van der Waals surface area contributed by atoms with E-state index in [-0.39, 0.29) is 6.42 Å². The number of nitrogens with zero attached hydrogens (tertiary/aromatic N) is 4. The second-order valence-corrected chi connectivity index (χ2v) is 5.27. The number of carboxylic acid groups (broad SMARTS) is 1. The Hall–Kier alpha value is -1.99. The van der Waals surface area contributed by atoms with Crippen LogP contribution in [0.15, 0.2) is 24.3 Å². The normalized spacial score (nSPS) is 11.0. The molecule has 0 bridgehead atoms. The smallest absolute Gasteiger partial charge is 0.310 e. The van der Waals surface area contributed by atoms with Crippen molar-refractivity contribution >= 4 is 33.9 Å². The number of fused-ring (bicyclic) bond motifs is 1. The highest BCUT2D eigenvalue weighted by Crippen LogP contribution is 2.23. The summed E-state index contributed by atoms with van der Waals surface area (Å²) in [7, 11) is 0. The zero-order valence-electron chi connectivity index (χ0n) is 9.45. The lowest BCUT2D eigenvalue weighted by Crippen LogP contribution is -2.00. The highest BCUT2D eigenvalue weighted by Gasteiger charge is 2.14. The van der Waals surface area contributed by atoms with Gasteiger partial charge in [0.2, 0.25) is 4.96 Å². The van der Waals surface area contributed by atoms with Gasteiger partial charge in [0.15, 0.2) is 5.82 Å². The molecular formula is C11H7ClN4O2S. The molecule has 0 saturated heterocycles. The number of carboxylic acids is 1. The third kappa shape index (κ3) is 2.29. The molecule has 0 aliphatic heterocycles. The van der Waals surface area contributed by atoms with Gasteiger partial charge in [-0.15, -0.1) is 10.2 Å². The molecule has 0 fully saturated rings. The minimum Gasteiger partial charge on any atom is -0.481 e. The maximum atomic E-state index is 10.7. The number of halogens is 1. The number of benzene rings is 1. The van der Waals surface area contributed by atoms with Crippen LogP contribution in [0.3, 0.4) is 0 Å². The first kappa shape index (κ1) is 12.1. The molecule has 0 saturated carbocycles. The molecule has 0 aliphatic rings. The molecule has 96 valence electrons. The molecule has 0 spiro atoms. The summed E-state index contributed by atoms with van der Waals surface area (Å²) in [4.78, 5) is 11.2. The van der Waals surface area contributed by atoms with Crippen molar-refractivity contribution in [2.45, 2.75) is 6.42 Å². The van der Waals surface area contributed by atoms with Crippen LogP contribution >= 0.6 is 22.9 Å². The van der Waals surface area contributed by atoms with Crippen LogP contribution < -0.4 is 0 Å². The molecule has 0 radical (unpaired) electrons. The molecule has 8 heteroatoms. The zero-order valence-corrected chi connectivity index (χ0v) is 11.0. The topological polar surface area (TPSA) is 80.4 Å². The van der Waals surface area contributed by atoms with E-state index >= 15 is 0 Å². The maximum absolute atomic E-state index is 10.7. The molecule has 0 aliphatic carbocycles. The van der Waals surface area contributed by atoms with E-state index in [0.29, 0.717) is 20.8 Å². The second kappa shape index (κ2) is 4.60. The molecule has 19 heavy (non-hydrogen) atoms. The Morgan fingerprint density at radius 3 is 2.74 bits per heavy atom. The van der Waals surface area contributed by atoms with Crippen molar-refractivity contribution in [2.24, 2.45) is 0 Å². The van der Waals surface area contributed by atoms with E-state index < -0.39 is 5.97 Å². The monoisotopic (exact) mass is 294 g/mol.